The second kappa shape index (κ2) is 10.2. The van der Waals surface area contributed by atoms with Gasteiger partial charge in [-0.1, -0.05) is 43.7 Å². The largest absolute Gasteiger partial charge is 0.456 e. The molecular weight excluding hydrogens is 448 g/mol. The van der Waals surface area contributed by atoms with E-state index in [-0.39, 0.29) is 42.1 Å². The number of nitrogens with one attached hydrogen (secondary N) is 1. The van der Waals surface area contributed by atoms with E-state index < -0.39 is 23.8 Å². The summed E-state index contributed by atoms with van der Waals surface area (Å²) < 4.78 is 5.49. The Kier molecular flexibility index (Phi) is 7.09. The van der Waals surface area contributed by atoms with Crippen molar-refractivity contribution < 1.29 is 19.1 Å². The summed E-state index contributed by atoms with van der Waals surface area (Å²) in [6.45, 7) is 5.57. The van der Waals surface area contributed by atoms with Gasteiger partial charge < -0.3 is 15.8 Å². The summed E-state index contributed by atoms with van der Waals surface area (Å²) in [5, 5.41) is 3.05. The molecule has 1 aliphatic carbocycles. The zero-order valence-electron chi connectivity index (χ0n) is 20.1. The van der Waals surface area contributed by atoms with E-state index >= 15 is 0 Å². The van der Waals surface area contributed by atoms with Crippen molar-refractivity contribution in [3.63, 3.8) is 0 Å². The van der Waals surface area contributed by atoms with E-state index in [0.29, 0.717) is 19.3 Å². The first kappa shape index (κ1) is 24.3. The highest BCUT2D eigenvalue weighted by Gasteiger charge is 2.51. The summed E-state index contributed by atoms with van der Waals surface area (Å²) in [6.07, 6.45) is 5.16. The third-order valence-corrected chi connectivity index (χ3v) is 6.17. The molecule has 3 atom stereocenters. The highest BCUT2D eigenvalue weighted by molar-refractivity contribution is 6.08. The number of nitrogens with two attached hydrogens (primary N) is 1. The van der Waals surface area contributed by atoms with E-state index in [1.807, 2.05) is 57.2 Å². The third kappa shape index (κ3) is 5.47. The number of benzene rings is 1. The van der Waals surface area contributed by atoms with Crippen molar-refractivity contribution in [1.82, 2.24) is 19.9 Å². The predicted octanol–water partition coefficient (Wildman–Crippen LogP) is 2.91. The zero-order valence-corrected chi connectivity index (χ0v) is 20.1. The Morgan fingerprint density at radius 2 is 1.71 bits per heavy atom. The van der Waals surface area contributed by atoms with Gasteiger partial charge in [-0.05, 0) is 44.2 Å². The average molecular weight is 479 g/mol. The molecule has 1 saturated heterocycles. The number of aromatic nitrogens is 3. The fourth-order valence-corrected chi connectivity index (χ4v) is 4.44. The smallest absolute Gasteiger partial charge is 0.329 e. The molecule has 0 saturated carbocycles. The Morgan fingerprint density at radius 3 is 2.31 bits per heavy atom. The molecule has 1 aliphatic heterocycles. The van der Waals surface area contributed by atoms with Crippen LogP contribution in [0.1, 0.15) is 44.5 Å². The summed E-state index contributed by atoms with van der Waals surface area (Å²) in [5.41, 5.74) is 7.70. The SMILES string of the molecule is Cc1ccc(Nc2nc(N)nc(COC(=O)C(CC(C)C)N3C(=O)C4CC=CCC4C3=O)n2)cc1. The number of hydrogen-bond acceptors (Lipinski definition) is 9. The van der Waals surface area contributed by atoms with E-state index in [4.69, 9.17) is 10.5 Å². The maximum absolute atomic E-state index is 13.1. The highest BCUT2D eigenvalue weighted by Crippen LogP contribution is 2.37. The molecule has 0 spiro atoms. The molecule has 2 amide bonds. The molecule has 1 aromatic carbocycles. The number of rotatable bonds is 8. The lowest BCUT2D eigenvalue weighted by atomic mass is 9.85. The molecule has 1 aromatic heterocycles. The van der Waals surface area contributed by atoms with Crippen LogP contribution in [0.5, 0.6) is 0 Å². The number of allylic oxidation sites excluding steroid dienone is 2. The van der Waals surface area contributed by atoms with E-state index in [2.05, 4.69) is 20.3 Å². The monoisotopic (exact) mass is 478 g/mol. The first-order chi connectivity index (χ1) is 16.7. The van der Waals surface area contributed by atoms with Crippen LogP contribution >= 0.6 is 0 Å². The molecule has 2 aliphatic rings. The standard InChI is InChI=1S/C25H30N6O4/c1-14(2)12-19(31-21(32)17-6-4-5-7-18(17)22(31)33)23(34)35-13-20-28-24(26)30-25(29-20)27-16-10-8-15(3)9-11-16/h4-5,8-11,14,17-19H,6-7,12-13H2,1-3H3,(H3,26,27,28,29,30). The van der Waals surface area contributed by atoms with Crippen molar-refractivity contribution in [2.75, 3.05) is 11.1 Å². The van der Waals surface area contributed by atoms with E-state index in [1.54, 1.807) is 0 Å². The van der Waals surface area contributed by atoms with Gasteiger partial charge in [-0.3, -0.25) is 14.5 Å². The zero-order chi connectivity index (χ0) is 25.1. The molecular formula is C25H30N6O4. The second-order valence-corrected chi connectivity index (χ2v) is 9.38. The van der Waals surface area contributed by atoms with Gasteiger partial charge in [-0.25, -0.2) is 4.79 Å². The minimum Gasteiger partial charge on any atom is -0.456 e. The number of likely N-dealkylation sites (tertiary alicyclic amines) is 1. The van der Waals surface area contributed by atoms with E-state index in [0.717, 1.165) is 16.2 Å². The van der Waals surface area contributed by atoms with Gasteiger partial charge >= 0.3 is 5.97 Å². The molecule has 35 heavy (non-hydrogen) atoms. The Labute approximate surface area is 204 Å². The number of esters is 1. The van der Waals surface area contributed by atoms with Gasteiger partial charge in [0.05, 0.1) is 11.8 Å². The minimum atomic E-state index is -0.995. The molecule has 1 fully saturated rings. The molecule has 0 bridgehead atoms. The Morgan fingerprint density at radius 1 is 1.09 bits per heavy atom. The Hall–Kier alpha value is -3.82. The molecule has 4 rings (SSSR count). The van der Waals surface area contributed by atoms with Crippen LogP contribution in [0.25, 0.3) is 0 Å². The Balaban J connectivity index is 1.47. The van der Waals surface area contributed by atoms with Crippen molar-refractivity contribution in [2.45, 2.75) is 52.7 Å². The number of nitrogens with zero attached hydrogens (tertiary/aromatic N) is 4. The lowest BCUT2D eigenvalue weighted by Gasteiger charge is -2.26. The number of nitrogen functional groups attached to an aromatic ring is 1. The number of imide groups is 1. The molecule has 2 aromatic rings. The van der Waals surface area contributed by atoms with Gasteiger partial charge in [0.1, 0.15) is 6.04 Å². The van der Waals surface area contributed by atoms with Crippen LogP contribution < -0.4 is 11.1 Å². The lowest BCUT2D eigenvalue weighted by molar-refractivity contribution is -0.160. The lowest BCUT2D eigenvalue weighted by Crippen LogP contribution is -2.47. The van der Waals surface area contributed by atoms with Crippen molar-refractivity contribution in [2.24, 2.45) is 17.8 Å². The summed E-state index contributed by atoms with van der Waals surface area (Å²) in [6, 6.07) is 6.64. The molecule has 10 heteroatoms. The molecule has 184 valence electrons. The van der Waals surface area contributed by atoms with E-state index in [1.165, 1.54) is 0 Å². The van der Waals surface area contributed by atoms with Crippen LogP contribution in [-0.4, -0.2) is 43.7 Å². The number of fused-ring (bicyclic) bond motifs is 1. The molecule has 2 heterocycles. The van der Waals surface area contributed by atoms with Crippen molar-refractivity contribution in [1.29, 1.82) is 0 Å². The number of carbonyl (C=O) groups is 3. The Bertz CT molecular complexity index is 1120. The number of ether oxygens (including phenoxy) is 1. The maximum atomic E-state index is 13.1. The van der Waals surface area contributed by atoms with Gasteiger partial charge in [0.15, 0.2) is 12.4 Å². The normalized spacial score (nSPS) is 20.2. The first-order valence-electron chi connectivity index (χ1n) is 11.8. The maximum Gasteiger partial charge on any atom is 0.329 e. The van der Waals surface area contributed by atoms with Crippen LogP contribution in [-0.2, 0) is 25.7 Å². The van der Waals surface area contributed by atoms with Crippen LogP contribution in [0.3, 0.4) is 0 Å². The molecule has 0 radical (unpaired) electrons. The topological polar surface area (TPSA) is 140 Å². The van der Waals surface area contributed by atoms with E-state index in [9.17, 15) is 14.4 Å². The summed E-state index contributed by atoms with van der Waals surface area (Å²) in [5.74, 6) is -1.69. The quantitative estimate of drug-likeness (QED) is 0.333. The van der Waals surface area contributed by atoms with Gasteiger partial charge in [0, 0.05) is 5.69 Å². The minimum absolute atomic E-state index is 0.0270. The average Bonchev–Trinajstić information content (AvgIpc) is 3.07. The second-order valence-electron chi connectivity index (χ2n) is 9.38. The van der Waals surface area contributed by atoms with Crippen molar-refractivity contribution in [3.8, 4) is 0 Å². The highest BCUT2D eigenvalue weighted by atomic mass is 16.5. The van der Waals surface area contributed by atoms with Gasteiger partial charge in [-0.15, -0.1) is 0 Å². The van der Waals surface area contributed by atoms with Crippen LogP contribution in [0.2, 0.25) is 0 Å². The predicted molar refractivity (Wildman–Crippen MR) is 129 cm³/mol. The van der Waals surface area contributed by atoms with Crippen molar-refractivity contribution >= 4 is 35.4 Å². The first-order valence-corrected chi connectivity index (χ1v) is 11.8. The number of carbonyl (C=O) groups excluding carboxylic acids is 3. The number of hydrogen-bond donors (Lipinski definition) is 2. The number of aryl methyl sites for hydroxylation is 1. The van der Waals surface area contributed by atoms with Gasteiger partial charge in [0.25, 0.3) is 0 Å². The van der Waals surface area contributed by atoms with Crippen molar-refractivity contribution in [3.05, 3.63) is 47.8 Å². The fourth-order valence-electron chi connectivity index (χ4n) is 4.44. The third-order valence-electron chi connectivity index (χ3n) is 6.17. The van der Waals surface area contributed by atoms with Gasteiger partial charge in [-0.2, -0.15) is 15.0 Å². The molecule has 3 N–H and O–H groups in total. The number of amides is 2. The fraction of sp³-hybridized carbons (Fsp3) is 0.440. The van der Waals surface area contributed by atoms with Crippen LogP contribution in [0.4, 0.5) is 17.6 Å². The summed E-state index contributed by atoms with van der Waals surface area (Å²) >= 11 is 0. The van der Waals surface area contributed by atoms with Crippen LogP contribution in [0, 0.1) is 24.7 Å². The van der Waals surface area contributed by atoms with Crippen LogP contribution in [0.15, 0.2) is 36.4 Å². The summed E-state index contributed by atoms with van der Waals surface area (Å²) in [4.78, 5) is 52.7. The van der Waals surface area contributed by atoms with Gasteiger partial charge in [0.2, 0.25) is 23.7 Å². The summed E-state index contributed by atoms with van der Waals surface area (Å²) in [7, 11) is 0. The number of anilines is 3. The molecule has 3 unspecified atom stereocenters. The molecule has 10 nitrogen and oxygen atoms in total.